The lowest BCUT2D eigenvalue weighted by Gasteiger charge is -2.22. The molecule has 2 aliphatic rings. The van der Waals surface area contributed by atoms with E-state index in [1.807, 2.05) is 24.3 Å². The minimum absolute atomic E-state index is 0. The Balaban J connectivity index is 0.00000341. The zero-order valence-corrected chi connectivity index (χ0v) is 20.9. The molecule has 2 saturated carbocycles. The number of ether oxygens (including phenoxy) is 2. The van der Waals surface area contributed by atoms with Crippen LogP contribution in [0.3, 0.4) is 0 Å². The average molecular weight is 544 g/mol. The van der Waals surface area contributed by atoms with Gasteiger partial charge in [-0.2, -0.15) is 0 Å². The highest BCUT2D eigenvalue weighted by Gasteiger charge is 2.23. The lowest BCUT2D eigenvalue weighted by atomic mass is 9.98. The summed E-state index contributed by atoms with van der Waals surface area (Å²) < 4.78 is 11.6. The summed E-state index contributed by atoms with van der Waals surface area (Å²) in [4.78, 5) is 16.0. The Morgan fingerprint density at radius 2 is 1.94 bits per heavy atom. The molecule has 2 aliphatic carbocycles. The Morgan fingerprint density at radius 1 is 1.13 bits per heavy atom. The summed E-state index contributed by atoms with van der Waals surface area (Å²) >= 11 is 0. The van der Waals surface area contributed by atoms with Crippen molar-refractivity contribution in [2.45, 2.75) is 70.1 Å². The Hall–Kier alpha value is -1.55. The number of guanidine groups is 1. The number of rotatable bonds is 11. The first kappa shape index (κ1) is 25.7. The maximum absolute atomic E-state index is 11.8. The van der Waals surface area contributed by atoms with E-state index in [1.165, 1.54) is 32.1 Å². The molecule has 0 aliphatic heterocycles. The molecule has 2 fully saturated rings. The third kappa shape index (κ3) is 10.5. The van der Waals surface area contributed by atoms with Crippen LogP contribution in [0.4, 0.5) is 0 Å². The first-order valence-corrected chi connectivity index (χ1v) is 11.3. The van der Waals surface area contributed by atoms with Gasteiger partial charge in [-0.3, -0.25) is 9.79 Å². The van der Waals surface area contributed by atoms with E-state index < -0.39 is 0 Å². The van der Waals surface area contributed by atoms with Crippen molar-refractivity contribution in [2.24, 2.45) is 4.99 Å². The van der Waals surface area contributed by atoms with Crippen molar-refractivity contribution in [3.63, 3.8) is 0 Å². The van der Waals surface area contributed by atoms with Gasteiger partial charge < -0.3 is 25.4 Å². The van der Waals surface area contributed by atoms with E-state index >= 15 is 0 Å². The zero-order chi connectivity index (χ0) is 21.0. The predicted octanol–water partition coefficient (Wildman–Crippen LogP) is 3.37. The molecule has 0 atom stereocenters. The lowest BCUT2D eigenvalue weighted by molar-refractivity contribution is -0.123. The Kier molecular flexibility index (Phi) is 12.0. The molecule has 3 N–H and O–H groups in total. The summed E-state index contributed by atoms with van der Waals surface area (Å²) in [7, 11) is 1.77. The number of benzene rings is 1. The summed E-state index contributed by atoms with van der Waals surface area (Å²) in [6, 6.07) is 8.13. The van der Waals surface area contributed by atoms with Crippen molar-refractivity contribution in [2.75, 3.05) is 26.8 Å². The summed E-state index contributed by atoms with van der Waals surface area (Å²) in [5.74, 6) is 1.41. The number of nitrogens with zero attached hydrogens (tertiary/aromatic N) is 1. The third-order valence-corrected chi connectivity index (χ3v) is 5.41. The smallest absolute Gasteiger partial charge is 0.258 e. The number of aliphatic imine (C=N–C) groups is 1. The predicted molar refractivity (Wildman–Crippen MR) is 134 cm³/mol. The van der Waals surface area contributed by atoms with Gasteiger partial charge in [0.25, 0.3) is 5.91 Å². The van der Waals surface area contributed by atoms with Crippen molar-refractivity contribution in [3.05, 3.63) is 29.8 Å². The van der Waals surface area contributed by atoms with Crippen molar-refractivity contribution < 1.29 is 14.3 Å². The van der Waals surface area contributed by atoms with Crippen LogP contribution < -0.4 is 20.7 Å². The van der Waals surface area contributed by atoms with Gasteiger partial charge >= 0.3 is 0 Å². The van der Waals surface area contributed by atoms with E-state index in [0.29, 0.717) is 24.4 Å². The molecular formula is C23H37IN4O3. The van der Waals surface area contributed by atoms with Crippen molar-refractivity contribution in [1.82, 2.24) is 16.0 Å². The van der Waals surface area contributed by atoms with Gasteiger partial charge in [-0.15, -0.1) is 24.0 Å². The van der Waals surface area contributed by atoms with Gasteiger partial charge in [0, 0.05) is 32.8 Å². The van der Waals surface area contributed by atoms with Crippen molar-refractivity contribution >= 4 is 35.8 Å². The Morgan fingerprint density at radius 3 is 2.68 bits per heavy atom. The van der Waals surface area contributed by atoms with Crippen LogP contribution in [-0.4, -0.2) is 50.8 Å². The number of carbonyl (C=O) groups is 1. The molecule has 0 heterocycles. The largest absolute Gasteiger partial charge is 0.484 e. The summed E-state index contributed by atoms with van der Waals surface area (Å²) in [6.45, 7) is 2.30. The summed E-state index contributed by atoms with van der Waals surface area (Å²) in [5.41, 5.74) is 1.07. The zero-order valence-electron chi connectivity index (χ0n) is 18.5. The molecule has 31 heavy (non-hydrogen) atoms. The molecule has 8 heteroatoms. The minimum atomic E-state index is -0.0573. The van der Waals surface area contributed by atoms with Crippen LogP contribution in [0.1, 0.15) is 56.9 Å². The maximum Gasteiger partial charge on any atom is 0.258 e. The van der Waals surface area contributed by atoms with E-state index in [0.717, 1.165) is 43.9 Å². The Labute approximate surface area is 203 Å². The van der Waals surface area contributed by atoms with Crippen LogP contribution in [0, 0.1) is 0 Å². The number of carbonyl (C=O) groups excluding carboxylic acids is 1. The first-order chi connectivity index (χ1) is 14.7. The number of nitrogens with one attached hydrogen (secondary N) is 3. The second-order valence-corrected chi connectivity index (χ2v) is 8.11. The number of halogens is 1. The highest BCUT2D eigenvalue weighted by atomic mass is 127. The molecule has 0 spiro atoms. The normalized spacial score (nSPS) is 16.9. The fourth-order valence-electron chi connectivity index (χ4n) is 3.56. The van der Waals surface area contributed by atoms with E-state index in [1.54, 1.807) is 7.05 Å². The van der Waals surface area contributed by atoms with Crippen LogP contribution in [0.25, 0.3) is 0 Å². The molecule has 1 aromatic rings. The van der Waals surface area contributed by atoms with E-state index in [-0.39, 0.29) is 36.5 Å². The second kappa shape index (κ2) is 14.5. The highest BCUT2D eigenvalue weighted by Crippen LogP contribution is 2.20. The quantitative estimate of drug-likeness (QED) is 0.172. The molecule has 1 aromatic carbocycles. The van der Waals surface area contributed by atoms with Crippen LogP contribution in [0.15, 0.2) is 29.3 Å². The Bertz CT molecular complexity index is 691. The van der Waals surface area contributed by atoms with Gasteiger partial charge in [0.15, 0.2) is 12.6 Å². The van der Waals surface area contributed by atoms with Gasteiger partial charge in [-0.1, -0.05) is 31.4 Å². The molecule has 174 valence electrons. The van der Waals surface area contributed by atoms with Gasteiger partial charge in [0.05, 0.1) is 6.10 Å². The van der Waals surface area contributed by atoms with Crippen LogP contribution >= 0.6 is 24.0 Å². The lowest BCUT2D eigenvalue weighted by Crippen LogP contribution is -2.37. The molecule has 0 radical (unpaired) electrons. The van der Waals surface area contributed by atoms with Crippen LogP contribution in [0.5, 0.6) is 5.75 Å². The van der Waals surface area contributed by atoms with Gasteiger partial charge in [-0.05, 0) is 49.8 Å². The van der Waals surface area contributed by atoms with E-state index in [4.69, 9.17) is 9.47 Å². The molecule has 3 rings (SSSR count). The van der Waals surface area contributed by atoms with Crippen molar-refractivity contribution in [1.29, 1.82) is 0 Å². The first-order valence-electron chi connectivity index (χ1n) is 11.3. The van der Waals surface area contributed by atoms with E-state index in [2.05, 4.69) is 20.9 Å². The standard InChI is InChI=1S/C23H36N4O3.HI/c1-24-23(25-13-6-14-29-20-8-3-2-4-9-20)26-16-18-7-5-10-21(15-18)30-17-22(28)27-19-11-12-19;/h5,7,10,15,19-20H,2-4,6,8-9,11-14,16-17H2,1H3,(H,27,28)(H2,24,25,26);1H. The molecular weight excluding hydrogens is 507 g/mol. The van der Waals surface area contributed by atoms with E-state index in [9.17, 15) is 4.79 Å². The number of amides is 1. The number of hydrogen-bond acceptors (Lipinski definition) is 4. The fourth-order valence-corrected chi connectivity index (χ4v) is 3.56. The fraction of sp³-hybridized carbons (Fsp3) is 0.652. The third-order valence-electron chi connectivity index (χ3n) is 5.41. The monoisotopic (exact) mass is 544 g/mol. The molecule has 0 aromatic heterocycles. The molecule has 1 amide bonds. The molecule has 0 bridgehead atoms. The van der Waals surface area contributed by atoms with Gasteiger partial charge in [-0.25, -0.2) is 0 Å². The highest BCUT2D eigenvalue weighted by molar-refractivity contribution is 14.0. The van der Waals surface area contributed by atoms with Gasteiger partial charge in [0.2, 0.25) is 0 Å². The molecule has 0 unspecified atom stereocenters. The van der Waals surface area contributed by atoms with Gasteiger partial charge in [0.1, 0.15) is 5.75 Å². The number of hydrogen-bond donors (Lipinski definition) is 3. The average Bonchev–Trinajstić information content (AvgIpc) is 3.59. The summed E-state index contributed by atoms with van der Waals surface area (Å²) in [6.07, 6.45) is 9.97. The topological polar surface area (TPSA) is 84.0 Å². The van der Waals surface area contributed by atoms with Crippen LogP contribution in [-0.2, 0) is 16.1 Å². The molecule has 7 nitrogen and oxygen atoms in total. The maximum atomic E-state index is 11.8. The van der Waals surface area contributed by atoms with Crippen LogP contribution in [0.2, 0.25) is 0 Å². The van der Waals surface area contributed by atoms with Crippen molar-refractivity contribution in [3.8, 4) is 5.75 Å². The second-order valence-electron chi connectivity index (χ2n) is 8.11. The SMILES string of the molecule is CN=C(NCCCOC1CCCCC1)NCc1cccc(OCC(=O)NC2CC2)c1.I. The minimum Gasteiger partial charge on any atom is -0.484 e. The molecule has 0 saturated heterocycles. The summed E-state index contributed by atoms with van der Waals surface area (Å²) in [5, 5.41) is 9.57.